The maximum absolute atomic E-state index is 9.61. The van der Waals surface area contributed by atoms with E-state index in [1.807, 2.05) is 0 Å². The Hall–Kier alpha value is -0.380. The van der Waals surface area contributed by atoms with Crippen molar-refractivity contribution >= 4 is 11.3 Å². The summed E-state index contributed by atoms with van der Waals surface area (Å²) in [6.45, 7) is 0.858. The summed E-state index contributed by atoms with van der Waals surface area (Å²) in [7, 11) is 0. The van der Waals surface area contributed by atoms with E-state index in [0.717, 1.165) is 25.2 Å². The number of hydrogen-bond donors (Lipinski definition) is 2. The first-order valence-electron chi connectivity index (χ1n) is 6.11. The Morgan fingerprint density at radius 1 is 1.50 bits per heavy atom. The summed E-state index contributed by atoms with van der Waals surface area (Å²) in [5, 5.41) is 11.7. The molecule has 90 valence electrons. The molecule has 0 amide bonds. The monoisotopic (exact) mass is 239 g/mol. The average molecular weight is 239 g/mol. The van der Waals surface area contributed by atoms with Gasteiger partial charge in [0.15, 0.2) is 0 Å². The summed E-state index contributed by atoms with van der Waals surface area (Å²) in [4.78, 5) is 1.40. The second kappa shape index (κ2) is 5.30. The molecule has 0 aliphatic heterocycles. The molecule has 1 aromatic heterocycles. The topological polar surface area (TPSA) is 46.2 Å². The molecule has 0 aromatic carbocycles. The summed E-state index contributed by atoms with van der Waals surface area (Å²) < 4.78 is 0. The van der Waals surface area contributed by atoms with E-state index in [1.54, 1.807) is 11.3 Å². The van der Waals surface area contributed by atoms with Gasteiger partial charge in [0.2, 0.25) is 0 Å². The number of aryl methyl sites for hydroxylation is 1. The van der Waals surface area contributed by atoms with Crippen LogP contribution in [0.5, 0.6) is 0 Å². The Kier molecular flexibility index (Phi) is 4.00. The van der Waals surface area contributed by atoms with E-state index in [2.05, 4.69) is 17.5 Å². The molecule has 1 atom stereocenters. The SMILES string of the molecule is NCC(CO)(CCc1cccs1)CC1CC1. The van der Waals surface area contributed by atoms with Gasteiger partial charge in [0.25, 0.3) is 0 Å². The van der Waals surface area contributed by atoms with Crippen LogP contribution in [0, 0.1) is 11.3 Å². The zero-order valence-electron chi connectivity index (χ0n) is 9.69. The highest BCUT2D eigenvalue weighted by Crippen LogP contribution is 2.42. The Morgan fingerprint density at radius 2 is 2.31 bits per heavy atom. The predicted octanol–water partition coefficient (Wildman–Crippen LogP) is 2.42. The molecular formula is C13H21NOS. The van der Waals surface area contributed by atoms with Crippen LogP contribution < -0.4 is 5.73 Å². The molecule has 2 rings (SSSR count). The van der Waals surface area contributed by atoms with E-state index in [1.165, 1.54) is 17.7 Å². The standard InChI is InChI=1S/C13H21NOS/c14-9-13(10-15,8-11-3-4-11)6-5-12-2-1-7-16-12/h1-2,7,11,15H,3-6,8-10,14H2. The van der Waals surface area contributed by atoms with Crippen molar-refractivity contribution in [2.45, 2.75) is 32.1 Å². The van der Waals surface area contributed by atoms with Crippen molar-refractivity contribution < 1.29 is 5.11 Å². The molecule has 3 N–H and O–H groups in total. The highest BCUT2D eigenvalue weighted by Gasteiger charge is 2.35. The van der Waals surface area contributed by atoms with E-state index >= 15 is 0 Å². The Labute approximate surface area is 101 Å². The van der Waals surface area contributed by atoms with Gasteiger partial charge in [-0.25, -0.2) is 0 Å². The van der Waals surface area contributed by atoms with Gasteiger partial charge in [-0.2, -0.15) is 0 Å². The summed E-state index contributed by atoms with van der Waals surface area (Å²) in [5.74, 6) is 0.832. The van der Waals surface area contributed by atoms with E-state index in [-0.39, 0.29) is 12.0 Å². The molecule has 1 unspecified atom stereocenters. The summed E-state index contributed by atoms with van der Waals surface area (Å²) in [6, 6.07) is 4.25. The number of nitrogens with two attached hydrogens (primary N) is 1. The van der Waals surface area contributed by atoms with Crippen molar-refractivity contribution in [2.24, 2.45) is 17.1 Å². The Bertz CT molecular complexity index is 302. The molecule has 1 saturated carbocycles. The van der Waals surface area contributed by atoms with Gasteiger partial charge in [-0.1, -0.05) is 18.9 Å². The van der Waals surface area contributed by atoms with Gasteiger partial charge in [-0.15, -0.1) is 11.3 Å². The van der Waals surface area contributed by atoms with Crippen LogP contribution >= 0.6 is 11.3 Å². The van der Waals surface area contributed by atoms with Crippen molar-refractivity contribution in [1.82, 2.24) is 0 Å². The Morgan fingerprint density at radius 3 is 2.81 bits per heavy atom. The largest absolute Gasteiger partial charge is 0.396 e. The minimum absolute atomic E-state index is 0.0227. The van der Waals surface area contributed by atoms with E-state index < -0.39 is 0 Å². The number of thiophene rings is 1. The number of rotatable bonds is 7. The minimum Gasteiger partial charge on any atom is -0.396 e. The first kappa shape index (κ1) is 12.1. The van der Waals surface area contributed by atoms with Gasteiger partial charge in [0.1, 0.15) is 0 Å². The maximum Gasteiger partial charge on any atom is 0.0499 e. The van der Waals surface area contributed by atoms with Crippen LogP contribution in [0.1, 0.15) is 30.6 Å². The van der Waals surface area contributed by atoms with Crippen LogP contribution in [0.25, 0.3) is 0 Å². The lowest BCUT2D eigenvalue weighted by Gasteiger charge is -2.30. The van der Waals surface area contributed by atoms with Crippen LogP contribution in [-0.2, 0) is 6.42 Å². The van der Waals surface area contributed by atoms with Gasteiger partial charge in [-0.3, -0.25) is 0 Å². The van der Waals surface area contributed by atoms with Crippen LogP contribution in [0.4, 0.5) is 0 Å². The molecule has 2 nitrogen and oxygen atoms in total. The molecule has 0 radical (unpaired) electrons. The van der Waals surface area contributed by atoms with E-state index in [0.29, 0.717) is 6.54 Å². The van der Waals surface area contributed by atoms with Gasteiger partial charge in [0, 0.05) is 23.4 Å². The fourth-order valence-corrected chi connectivity index (χ4v) is 2.98. The molecule has 0 bridgehead atoms. The van der Waals surface area contributed by atoms with Crippen LogP contribution in [0.15, 0.2) is 17.5 Å². The smallest absolute Gasteiger partial charge is 0.0499 e. The first-order valence-corrected chi connectivity index (χ1v) is 6.99. The first-order chi connectivity index (χ1) is 7.78. The maximum atomic E-state index is 9.61. The molecule has 1 aromatic rings. The fourth-order valence-electron chi connectivity index (χ4n) is 2.27. The second-order valence-electron chi connectivity index (χ2n) is 5.09. The number of hydrogen-bond acceptors (Lipinski definition) is 3. The van der Waals surface area contributed by atoms with Crippen molar-refractivity contribution in [1.29, 1.82) is 0 Å². The summed E-state index contributed by atoms with van der Waals surface area (Å²) in [6.07, 6.45) is 5.87. The van der Waals surface area contributed by atoms with Crippen molar-refractivity contribution in [2.75, 3.05) is 13.2 Å². The fraction of sp³-hybridized carbons (Fsp3) is 0.692. The highest BCUT2D eigenvalue weighted by atomic mass is 32.1. The molecule has 1 heterocycles. The zero-order chi connectivity index (χ0) is 11.4. The van der Waals surface area contributed by atoms with Gasteiger partial charge in [0.05, 0.1) is 0 Å². The lowest BCUT2D eigenvalue weighted by Crippen LogP contribution is -2.35. The Balaban J connectivity index is 1.90. The average Bonchev–Trinajstić information content (AvgIpc) is 2.96. The third-order valence-electron chi connectivity index (χ3n) is 3.67. The molecule has 1 aliphatic rings. The third kappa shape index (κ3) is 3.06. The van der Waals surface area contributed by atoms with E-state index in [9.17, 15) is 5.11 Å². The summed E-state index contributed by atoms with van der Waals surface area (Å²) >= 11 is 1.80. The third-order valence-corrected chi connectivity index (χ3v) is 4.61. The van der Waals surface area contributed by atoms with E-state index in [4.69, 9.17) is 5.73 Å². The lowest BCUT2D eigenvalue weighted by atomic mass is 9.79. The van der Waals surface area contributed by atoms with Crippen molar-refractivity contribution in [3.8, 4) is 0 Å². The van der Waals surface area contributed by atoms with Crippen molar-refractivity contribution in [3.05, 3.63) is 22.4 Å². The summed E-state index contributed by atoms with van der Waals surface area (Å²) in [5.41, 5.74) is 5.85. The van der Waals surface area contributed by atoms with Crippen LogP contribution in [0.3, 0.4) is 0 Å². The normalized spacial score (nSPS) is 19.6. The molecular weight excluding hydrogens is 218 g/mol. The molecule has 16 heavy (non-hydrogen) atoms. The quantitative estimate of drug-likeness (QED) is 0.767. The minimum atomic E-state index is -0.0227. The van der Waals surface area contributed by atoms with Crippen LogP contribution in [-0.4, -0.2) is 18.3 Å². The highest BCUT2D eigenvalue weighted by molar-refractivity contribution is 7.09. The zero-order valence-corrected chi connectivity index (χ0v) is 10.5. The predicted molar refractivity (Wildman–Crippen MR) is 68.6 cm³/mol. The van der Waals surface area contributed by atoms with Gasteiger partial charge < -0.3 is 10.8 Å². The van der Waals surface area contributed by atoms with Gasteiger partial charge in [-0.05, 0) is 36.6 Å². The van der Waals surface area contributed by atoms with Crippen LogP contribution in [0.2, 0.25) is 0 Å². The number of aliphatic hydroxyl groups is 1. The van der Waals surface area contributed by atoms with Crippen molar-refractivity contribution in [3.63, 3.8) is 0 Å². The molecule has 0 spiro atoms. The molecule has 1 aliphatic carbocycles. The molecule has 3 heteroatoms. The lowest BCUT2D eigenvalue weighted by molar-refractivity contribution is 0.107. The van der Waals surface area contributed by atoms with Gasteiger partial charge >= 0.3 is 0 Å². The molecule has 1 fully saturated rings. The molecule has 0 saturated heterocycles. The number of aliphatic hydroxyl groups excluding tert-OH is 1. The second-order valence-corrected chi connectivity index (χ2v) is 6.12.